The molecule has 2 saturated heterocycles. The summed E-state index contributed by atoms with van der Waals surface area (Å²) >= 11 is 0. The van der Waals surface area contributed by atoms with Gasteiger partial charge in [0.25, 0.3) is 0 Å². The Morgan fingerprint density at radius 2 is 1.59 bits per heavy atom. The fraction of sp³-hybridized carbons (Fsp3) is 0.556. The minimum Gasteiger partial charge on any atom is -0.352 e. The number of piperidine rings is 2. The number of fused-ring (bicyclic) bond motifs is 1. The number of hydrogen-bond donors (Lipinski definition) is 1. The van der Waals surface area contributed by atoms with E-state index >= 15 is 0 Å². The number of rotatable bonds is 5. The molecule has 0 bridgehead atoms. The maximum Gasteiger partial charge on any atom is 0.223 e. The molecule has 2 aliphatic heterocycles. The molecule has 5 nitrogen and oxygen atoms in total. The van der Waals surface area contributed by atoms with Crippen LogP contribution in [-0.4, -0.2) is 59.0 Å². The van der Waals surface area contributed by atoms with Gasteiger partial charge >= 0.3 is 0 Å². The molecule has 1 aliphatic carbocycles. The SMILES string of the molecule is O=C(NCc1cccnc1)C1CCN(C2CCN([C@H]3CCc4ccccc4C3)CC2)CC1. The second kappa shape index (κ2) is 10.1. The molecule has 1 N–H and O–H groups in total. The molecule has 2 fully saturated rings. The molecule has 2 aromatic rings. The van der Waals surface area contributed by atoms with Crippen LogP contribution in [0, 0.1) is 5.92 Å². The molecule has 0 saturated carbocycles. The third-order valence-corrected chi connectivity index (χ3v) is 7.94. The quantitative estimate of drug-likeness (QED) is 0.786. The van der Waals surface area contributed by atoms with Crippen LogP contribution in [0.2, 0.25) is 0 Å². The zero-order valence-electron chi connectivity index (χ0n) is 19.1. The van der Waals surface area contributed by atoms with E-state index in [9.17, 15) is 4.79 Å². The minimum absolute atomic E-state index is 0.158. The first-order valence-corrected chi connectivity index (χ1v) is 12.5. The summed E-state index contributed by atoms with van der Waals surface area (Å²) in [6.07, 6.45) is 11.9. The standard InChI is InChI=1S/C27H36N4O/c32-27(29-20-21-4-3-13-28-19-21)23-9-14-30(15-10-23)25-11-16-31(17-12-25)26-8-7-22-5-1-2-6-24(22)18-26/h1-6,13,19,23,25-26H,7-12,14-18,20H2,(H,29,32)/t26-/m0/s1. The van der Waals surface area contributed by atoms with Gasteiger partial charge in [-0.05, 0) is 93.9 Å². The second-order valence-corrected chi connectivity index (χ2v) is 9.82. The molecular formula is C27H36N4O. The molecule has 5 heteroatoms. The summed E-state index contributed by atoms with van der Waals surface area (Å²) in [5.41, 5.74) is 4.19. The molecule has 5 rings (SSSR count). The van der Waals surface area contributed by atoms with Crippen molar-refractivity contribution in [3.63, 3.8) is 0 Å². The monoisotopic (exact) mass is 432 g/mol. The predicted octanol–water partition coefficient (Wildman–Crippen LogP) is 3.43. The largest absolute Gasteiger partial charge is 0.352 e. The highest BCUT2D eigenvalue weighted by atomic mass is 16.1. The summed E-state index contributed by atoms with van der Waals surface area (Å²) in [5, 5.41) is 3.11. The Labute approximate surface area is 192 Å². The lowest BCUT2D eigenvalue weighted by Crippen LogP contribution is -2.51. The van der Waals surface area contributed by atoms with Crippen LogP contribution in [0.5, 0.6) is 0 Å². The number of carbonyl (C=O) groups excluding carboxylic acids is 1. The average Bonchev–Trinajstić information content (AvgIpc) is 2.88. The van der Waals surface area contributed by atoms with Crippen molar-refractivity contribution in [2.75, 3.05) is 26.2 Å². The van der Waals surface area contributed by atoms with Gasteiger partial charge in [0.1, 0.15) is 0 Å². The van der Waals surface area contributed by atoms with Gasteiger partial charge in [0.05, 0.1) is 0 Å². The lowest BCUT2D eigenvalue weighted by molar-refractivity contribution is -0.126. The lowest BCUT2D eigenvalue weighted by atomic mass is 9.86. The molecule has 1 aromatic carbocycles. The van der Waals surface area contributed by atoms with Crippen LogP contribution in [0.15, 0.2) is 48.8 Å². The molecule has 3 aliphatic rings. The topological polar surface area (TPSA) is 48.5 Å². The van der Waals surface area contributed by atoms with Gasteiger partial charge in [-0.25, -0.2) is 0 Å². The average molecular weight is 433 g/mol. The fourth-order valence-electron chi connectivity index (χ4n) is 5.97. The number of benzene rings is 1. The normalized spacial score (nSPS) is 23.6. The van der Waals surface area contributed by atoms with E-state index in [0.29, 0.717) is 12.6 Å². The van der Waals surface area contributed by atoms with Crippen molar-refractivity contribution in [2.45, 2.75) is 63.6 Å². The van der Waals surface area contributed by atoms with E-state index in [4.69, 9.17) is 0 Å². The van der Waals surface area contributed by atoms with Gasteiger partial charge in [-0.3, -0.25) is 14.7 Å². The fourth-order valence-corrected chi connectivity index (χ4v) is 5.97. The molecule has 3 heterocycles. The summed E-state index contributed by atoms with van der Waals surface area (Å²) in [6, 6.07) is 14.3. The van der Waals surface area contributed by atoms with Gasteiger partial charge in [-0.2, -0.15) is 0 Å². The molecule has 1 atom stereocenters. The molecule has 32 heavy (non-hydrogen) atoms. The van der Waals surface area contributed by atoms with Crippen molar-refractivity contribution in [3.8, 4) is 0 Å². The summed E-state index contributed by atoms with van der Waals surface area (Å²) in [7, 11) is 0. The second-order valence-electron chi connectivity index (χ2n) is 9.82. The van der Waals surface area contributed by atoms with E-state index in [0.717, 1.165) is 37.5 Å². The Morgan fingerprint density at radius 3 is 2.34 bits per heavy atom. The molecule has 170 valence electrons. The van der Waals surface area contributed by atoms with Crippen LogP contribution in [0.25, 0.3) is 0 Å². The molecular weight excluding hydrogens is 396 g/mol. The number of hydrogen-bond acceptors (Lipinski definition) is 4. The van der Waals surface area contributed by atoms with Gasteiger partial charge in [0.2, 0.25) is 5.91 Å². The van der Waals surface area contributed by atoms with E-state index in [-0.39, 0.29) is 11.8 Å². The molecule has 1 amide bonds. The smallest absolute Gasteiger partial charge is 0.223 e. The summed E-state index contributed by atoms with van der Waals surface area (Å²) in [4.78, 5) is 22.1. The van der Waals surface area contributed by atoms with E-state index in [1.54, 1.807) is 17.3 Å². The Bertz CT molecular complexity index is 886. The van der Waals surface area contributed by atoms with E-state index in [1.807, 2.05) is 18.3 Å². The highest BCUT2D eigenvalue weighted by Crippen LogP contribution is 2.29. The predicted molar refractivity (Wildman–Crippen MR) is 127 cm³/mol. The van der Waals surface area contributed by atoms with Crippen LogP contribution in [-0.2, 0) is 24.2 Å². The number of aryl methyl sites for hydroxylation is 1. The van der Waals surface area contributed by atoms with E-state index < -0.39 is 0 Å². The first kappa shape index (κ1) is 21.6. The van der Waals surface area contributed by atoms with Crippen molar-refractivity contribution >= 4 is 5.91 Å². The number of nitrogens with zero attached hydrogens (tertiary/aromatic N) is 3. The number of nitrogens with one attached hydrogen (secondary N) is 1. The van der Waals surface area contributed by atoms with Crippen LogP contribution >= 0.6 is 0 Å². The Kier molecular flexibility index (Phi) is 6.84. The van der Waals surface area contributed by atoms with Gasteiger partial charge in [0.15, 0.2) is 0 Å². The van der Waals surface area contributed by atoms with Crippen molar-refractivity contribution in [1.82, 2.24) is 20.1 Å². The van der Waals surface area contributed by atoms with Gasteiger partial charge in [0, 0.05) is 36.9 Å². The first-order valence-electron chi connectivity index (χ1n) is 12.5. The Morgan fingerprint density at radius 1 is 0.875 bits per heavy atom. The number of likely N-dealkylation sites (tertiary alicyclic amines) is 2. The maximum absolute atomic E-state index is 12.6. The number of amides is 1. The van der Waals surface area contributed by atoms with Crippen molar-refractivity contribution in [1.29, 1.82) is 0 Å². The van der Waals surface area contributed by atoms with Crippen molar-refractivity contribution in [2.24, 2.45) is 5.92 Å². The summed E-state index contributed by atoms with van der Waals surface area (Å²) in [6.45, 7) is 5.15. The summed E-state index contributed by atoms with van der Waals surface area (Å²) in [5.74, 6) is 0.367. The highest BCUT2D eigenvalue weighted by molar-refractivity contribution is 5.78. The molecule has 0 unspecified atom stereocenters. The van der Waals surface area contributed by atoms with Crippen molar-refractivity contribution in [3.05, 3.63) is 65.5 Å². The van der Waals surface area contributed by atoms with Gasteiger partial charge in [-0.1, -0.05) is 30.3 Å². The van der Waals surface area contributed by atoms with Crippen LogP contribution in [0.3, 0.4) is 0 Å². The van der Waals surface area contributed by atoms with Gasteiger partial charge in [-0.15, -0.1) is 0 Å². The van der Waals surface area contributed by atoms with Crippen LogP contribution in [0.4, 0.5) is 0 Å². The summed E-state index contributed by atoms with van der Waals surface area (Å²) < 4.78 is 0. The number of pyridine rings is 1. The minimum atomic E-state index is 0.158. The van der Waals surface area contributed by atoms with Crippen LogP contribution < -0.4 is 5.32 Å². The maximum atomic E-state index is 12.6. The lowest BCUT2D eigenvalue weighted by Gasteiger charge is -2.44. The zero-order chi connectivity index (χ0) is 21.8. The zero-order valence-corrected chi connectivity index (χ0v) is 19.1. The third kappa shape index (κ3) is 5.05. The van der Waals surface area contributed by atoms with Gasteiger partial charge < -0.3 is 10.2 Å². The van der Waals surface area contributed by atoms with E-state index in [1.165, 1.54) is 45.2 Å². The molecule has 0 radical (unpaired) electrons. The van der Waals surface area contributed by atoms with E-state index in [2.05, 4.69) is 44.4 Å². The molecule has 1 aromatic heterocycles. The third-order valence-electron chi connectivity index (χ3n) is 7.94. The Hall–Kier alpha value is -2.24. The highest BCUT2D eigenvalue weighted by Gasteiger charge is 2.33. The molecule has 0 spiro atoms. The first-order chi connectivity index (χ1) is 15.8. The number of carbonyl (C=O) groups is 1. The van der Waals surface area contributed by atoms with Crippen LogP contribution in [0.1, 0.15) is 48.8 Å². The Balaban J connectivity index is 1.04. The van der Waals surface area contributed by atoms with Crippen molar-refractivity contribution < 1.29 is 4.79 Å². The number of aromatic nitrogens is 1.